The number of hydrogen-bond donors (Lipinski definition) is 4. The van der Waals surface area contributed by atoms with E-state index in [0.717, 1.165) is 77.0 Å². The molecule has 0 saturated carbocycles. The van der Waals surface area contributed by atoms with Crippen molar-refractivity contribution in [2.24, 2.45) is 0 Å². The molecule has 4 N–H and O–H groups in total. The van der Waals surface area contributed by atoms with Crippen molar-refractivity contribution in [2.75, 3.05) is 19.8 Å². The van der Waals surface area contributed by atoms with Gasteiger partial charge in [0, 0.05) is 12.8 Å². The summed E-state index contributed by atoms with van der Waals surface area (Å²) in [6.07, 6.45) is 32.3. The van der Waals surface area contributed by atoms with Gasteiger partial charge in [0.1, 0.15) is 31.0 Å². The molecular weight excluding hydrogens is 676 g/mol. The van der Waals surface area contributed by atoms with E-state index < -0.39 is 55.4 Å². The first-order valence-corrected chi connectivity index (χ1v) is 20.4. The molecule has 10 nitrogen and oxygen atoms in total. The van der Waals surface area contributed by atoms with Crippen LogP contribution >= 0.6 is 0 Å². The van der Waals surface area contributed by atoms with Crippen LogP contribution in [0, 0.1) is 0 Å². The van der Waals surface area contributed by atoms with Crippen molar-refractivity contribution >= 4 is 11.9 Å². The van der Waals surface area contributed by atoms with E-state index in [-0.39, 0.29) is 26.1 Å². The molecule has 1 rings (SSSR count). The molecule has 0 radical (unpaired) electrons. The number of allylic oxidation sites excluding steroid dienone is 10. The second-order valence-electron chi connectivity index (χ2n) is 13.7. The van der Waals surface area contributed by atoms with Crippen LogP contribution in [0.2, 0.25) is 0 Å². The van der Waals surface area contributed by atoms with Crippen LogP contribution in [-0.4, -0.2) is 89.0 Å². The van der Waals surface area contributed by atoms with Crippen LogP contribution in [-0.2, 0) is 28.5 Å². The maximum Gasteiger partial charge on any atom is 0.306 e. The summed E-state index contributed by atoms with van der Waals surface area (Å²) >= 11 is 0. The summed E-state index contributed by atoms with van der Waals surface area (Å²) in [6.45, 7) is 3.21. The van der Waals surface area contributed by atoms with E-state index in [4.69, 9.17) is 18.9 Å². The maximum atomic E-state index is 12.7. The minimum absolute atomic E-state index is 0.173. The highest BCUT2D eigenvalue weighted by Gasteiger charge is 2.44. The van der Waals surface area contributed by atoms with Crippen LogP contribution in [0.15, 0.2) is 60.8 Å². The van der Waals surface area contributed by atoms with Gasteiger partial charge in [-0.05, 0) is 77.0 Å². The molecule has 1 aliphatic heterocycles. The third kappa shape index (κ3) is 25.9. The Kier molecular flexibility index (Phi) is 31.0. The Balaban J connectivity index is 2.43. The highest BCUT2D eigenvalue weighted by Crippen LogP contribution is 2.22. The first kappa shape index (κ1) is 48.4. The second kappa shape index (κ2) is 33.9. The summed E-state index contributed by atoms with van der Waals surface area (Å²) in [5, 5.41) is 40.0. The average Bonchev–Trinajstić information content (AvgIpc) is 3.15. The fraction of sp³-hybridized carbons (Fsp3) is 0.721. The number of hydrogen-bond acceptors (Lipinski definition) is 10. The standard InChI is InChI=1S/C43H72O10/c1-3-5-7-9-11-13-15-17-18-20-22-24-26-28-30-32-39(46)52-36(35-51-43-42(49)41(48)40(47)37(33-44)53-43)34-50-38(45)31-29-27-25-23-21-19-16-14-12-10-8-6-4-2/h5,7,11,13-14,16-18,22,24,36-37,40-44,47-49H,3-4,6,8-10,12,15,19-21,23,25-35H2,1-2H3/b7-5+,13-11+,16-14+,18-17+,24-22+/t36-,37-,40+,41?,42?,43-/m1/s1. The van der Waals surface area contributed by atoms with Crippen molar-refractivity contribution in [3.63, 3.8) is 0 Å². The van der Waals surface area contributed by atoms with Gasteiger partial charge in [-0.15, -0.1) is 0 Å². The maximum absolute atomic E-state index is 12.7. The van der Waals surface area contributed by atoms with E-state index in [2.05, 4.69) is 74.6 Å². The van der Waals surface area contributed by atoms with E-state index in [1.807, 2.05) is 0 Å². The smallest absolute Gasteiger partial charge is 0.306 e. The van der Waals surface area contributed by atoms with Crippen LogP contribution < -0.4 is 0 Å². The molecule has 53 heavy (non-hydrogen) atoms. The topological polar surface area (TPSA) is 152 Å². The van der Waals surface area contributed by atoms with Crippen molar-refractivity contribution in [1.82, 2.24) is 0 Å². The summed E-state index contributed by atoms with van der Waals surface area (Å²) in [6, 6.07) is 0. The lowest BCUT2D eigenvalue weighted by molar-refractivity contribution is -0.305. The van der Waals surface area contributed by atoms with Crippen molar-refractivity contribution in [2.45, 2.75) is 179 Å². The Morgan fingerprint density at radius 2 is 1.11 bits per heavy atom. The first-order chi connectivity index (χ1) is 25.8. The molecule has 1 heterocycles. The molecule has 6 atom stereocenters. The summed E-state index contributed by atoms with van der Waals surface area (Å²) in [5.41, 5.74) is 0. The quantitative estimate of drug-likeness (QED) is 0.0304. The number of rotatable bonds is 32. The molecule has 1 aliphatic rings. The highest BCUT2D eigenvalue weighted by atomic mass is 16.7. The number of carbonyl (C=O) groups is 2. The van der Waals surface area contributed by atoms with E-state index in [1.165, 1.54) is 25.7 Å². The van der Waals surface area contributed by atoms with E-state index in [0.29, 0.717) is 12.8 Å². The average molecular weight is 749 g/mol. The van der Waals surface area contributed by atoms with Crippen molar-refractivity contribution in [3.05, 3.63) is 60.8 Å². The van der Waals surface area contributed by atoms with Gasteiger partial charge < -0.3 is 39.4 Å². The van der Waals surface area contributed by atoms with Crippen LogP contribution in [0.25, 0.3) is 0 Å². The Morgan fingerprint density at radius 1 is 0.604 bits per heavy atom. The number of aliphatic hydroxyl groups excluding tert-OH is 4. The Bertz CT molecular complexity index is 1050. The van der Waals surface area contributed by atoms with Gasteiger partial charge in [0.15, 0.2) is 12.4 Å². The molecule has 0 bridgehead atoms. The minimum atomic E-state index is -1.60. The molecule has 1 fully saturated rings. The lowest BCUT2D eigenvalue weighted by atomic mass is 9.99. The summed E-state index contributed by atoms with van der Waals surface area (Å²) in [7, 11) is 0. The van der Waals surface area contributed by atoms with Gasteiger partial charge >= 0.3 is 11.9 Å². The third-order valence-electron chi connectivity index (χ3n) is 8.89. The lowest BCUT2D eigenvalue weighted by Gasteiger charge is -2.39. The fourth-order valence-corrected chi connectivity index (χ4v) is 5.64. The van der Waals surface area contributed by atoms with E-state index in [9.17, 15) is 30.0 Å². The second-order valence-corrected chi connectivity index (χ2v) is 13.7. The fourth-order valence-electron chi connectivity index (χ4n) is 5.64. The Morgan fingerprint density at radius 3 is 1.74 bits per heavy atom. The van der Waals surface area contributed by atoms with Gasteiger partial charge in [-0.2, -0.15) is 0 Å². The van der Waals surface area contributed by atoms with Gasteiger partial charge in [-0.3, -0.25) is 9.59 Å². The molecule has 0 aromatic heterocycles. The van der Waals surface area contributed by atoms with Crippen LogP contribution in [0.5, 0.6) is 0 Å². The van der Waals surface area contributed by atoms with Gasteiger partial charge in [0.05, 0.1) is 13.2 Å². The normalized spacial score (nSPS) is 21.5. The van der Waals surface area contributed by atoms with E-state index in [1.54, 1.807) is 0 Å². The predicted octanol–water partition coefficient (Wildman–Crippen LogP) is 7.88. The minimum Gasteiger partial charge on any atom is -0.462 e. The lowest BCUT2D eigenvalue weighted by Crippen LogP contribution is -2.59. The molecule has 0 aromatic carbocycles. The predicted molar refractivity (Wildman–Crippen MR) is 210 cm³/mol. The number of esters is 2. The third-order valence-corrected chi connectivity index (χ3v) is 8.89. The van der Waals surface area contributed by atoms with Crippen LogP contribution in [0.3, 0.4) is 0 Å². The van der Waals surface area contributed by atoms with Gasteiger partial charge in [0.2, 0.25) is 0 Å². The highest BCUT2D eigenvalue weighted by molar-refractivity contribution is 5.70. The number of ether oxygens (including phenoxy) is 4. The molecule has 0 amide bonds. The Labute approximate surface area is 320 Å². The largest absolute Gasteiger partial charge is 0.462 e. The van der Waals surface area contributed by atoms with Crippen molar-refractivity contribution in [3.8, 4) is 0 Å². The van der Waals surface area contributed by atoms with Gasteiger partial charge in [-0.25, -0.2) is 0 Å². The molecule has 10 heteroatoms. The van der Waals surface area contributed by atoms with E-state index >= 15 is 0 Å². The van der Waals surface area contributed by atoms with Gasteiger partial charge in [0.25, 0.3) is 0 Å². The number of unbranched alkanes of at least 4 members (excludes halogenated alkanes) is 11. The first-order valence-electron chi connectivity index (χ1n) is 20.4. The van der Waals surface area contributed by atoms with Crippen LogP contribution in [0.4, 0.5) is 0 Å². The molecule has 2 unspecified atom stereocenters. The summed E-state index contributed by atoms with van der Waals surface area (Å²) in [4.78, 5) is 25.2. The zero-order valence-corrected chi connectivity index (χ0v) is 32.7. The van der Waals surface area contributed by atoms with Crippen LogP contribution in [0.1, 0.15) is 142 Å². The number of aliphatic hydroxyl groups is 4. The SMILES string of the molecule is CC/C=C/C/C=C/C/C=C/C/C=C/CCCCC(=O)O[C@H](COC(=O)CCCCCCC/C=C/CCCCCC)CO[C@@H]1O[C@H](CO)[C@H](O)C(O)C1O. The Hall–Kier alpha value is -2.60. The zero-order chi connectivity index (χ0) is 38.8. The van der Waals surface area contributed by atoms with Gasteiger partial charge in [-0.1, -0.05) is 113 Å². The molecule has 0 spiro atoms. The number of carbonyl (C=O) groups excluding carboxylic acids is 2. The molecule has 0 aromatic rings. The molecule has 1 saturated heterocycles. The zero-order valence-electron chi connectivity index (χ0n) is 32.7. The molecule has 0 aliphatic carbocycles. The monoisotopic (exact) mass is 749 g/mol. The molecular formula is C43H72O10. The molecule has 304 valence electrons. The summed E-state index contributed by atoms with van der Waals surface area (Å²) < 4.78 is 22.0. The summed E-state index contributed by atoms with van der Waals surface area (Å²) in [5.74, 6) is -0.872. The van der Waals surface area contributed by atoms with Crippen molar-refractivity contribution < 1.29 is 49.0 Å². The van der Waals surface area contributed by atoms with Crippen molar-refractivity contribution in [1.29, 1.82) is 0 Å².